The van der Waals surface area contributed by atoms with E-state index in [9.17, 15) is 23.1 Å². The minimum Gasteiger partial charge on any atom is -0.462 e. The Morgan fingerprint density at radius 3 is 2.53 bits per heavy atom. The van der Waals surface area contributed by atoms with Crippen molar-refractivity contribution in [1.29, 1.82) is 0 Å². The number of anilines is 1. The number of piperazine rings is 1. The number of fused-ring (bicyclic) bond motifs is 2. The van der Waals surface area contributed by atoms with Gasteiger partial charge in [0.2, 0.25) is 0 Å². The second kappa shape index (κ2) is 8.88. The quantitative estimate of drug-likeness (QED) is 0.616. The summed E-state index contributed by atoms with van der Waals surface area (Å²) in [6, 6.07) is 5.44. The molecule has 9 heteroatoms. The number of esters is 1. The van der Waals surface area contributed by atoms with Gasteiger partial charge in [-0.05, 0) is 57.2 Å². The number of carbonyl (C=O) groups excluding carboxylic acids is 1. The van der Waals surface area contributed by atoms with Crippen molar-refractivity contribution in [2.24, 2.45) is 17.3 Å². The lowest BCUT2D eigenvalue weighted by molar-refractivity contribution is -0.270. The summed E-state index contributed by atoms with van der Waals surface area (Å²) < 4.78 is 51.2. The predicted molar refractivity (Wildman–Crippen MR) is 129 cm³/mol. The van der Waals surface area contributed by atoms with Crippen LogP contribution in [0, 0.1) is 17.3 Å². The Morgan fingerprint density at radius 1 is 1.14 bits per heavy atom. The lowest BCUT2D eigenvalue weighted by atomic mass is 9.49. The summed E-state index contributed by atoms with van der Waals surface area (Å²) in [7, 11) is 1.66. The molecule has 0 radical (unpaired) electrons. The predicted octanol–water partition coefficient (Wildman–Crippen LogP) is 4.11. The zero-order valence-corrected chi connectivity index (χ0v) is 21.3. The van der Waals surface area contributed by atoms with E-state index in [1.165, 1.54) is 12.1 Å². The maximum atomic E-state index is 13.1. The Bertz CT molecular complexity index is 997. The van der Waals surface area contributed by atoms with Gasteiger partial charge in [-0.25, -0.2) is 0 Å². The fourth-order valence-corrected chi connectivity index (χ4v) is 7.44. The van der Waals surface area contributed by atoms with Gasteiger partial charge >= 0.3 is 12.1 Å². The summed E-state index contributed by atoms with van der Waals surface area (Å²) in [5.41, 5.74) is -2.16. The van der Waals surface area contributed by atoms with Crippen LogP contribution in [0.15, 0.2) is 24.3 Å². The van der Waals surface area contributed by atoms with Crippen molar-refractivity contribution >= 4 is 11.7 Å². The average Bonchev–Trinajstić information content (AvgIpc) is 3.11. The zero-order chi connectivity index (χ0) is 25.9. The van der Waals surface area contributed by atoms with E-state index in [1.54, 1.807) is 13.2 Å². The molecule has 4 fully saturated rings. The standard InChI is InChI=1S/C27H37F3N2O4/c1-24-8-5-9-25(2,35-3)26(24,34)15-20-21(23(33)36-22(20)16-24)17-31-10-12-32(13-11-31)19-7-4-6-18(14-19)27(28,29)30/h4,6-7,14,20-22,34H,5,8-13,15-17H2,1-3H3/t20-,21-,22+,24+,25+,26+/m0/s1. The van der Waals surface area contributed by atoms with Gasteiger partial charge in [0.05, 0.1) is 22.7 Å². The molecule has 2 aliphatic carbocycles. The Morgan fingerprint density at radius 2 is 1.86 bits per heavy atom. The summed E-state index contributed by atoms with van der Waals surface area (Å²) >= 11 is 0. The summed E-state index contributed by atoms with van der Waals surface area (Å²) in [6.07, 6.45) is -0.825. The highest BCUT2D eigenvalue weighted by Crippen LogP contribution is 2.61. The Labute approximate surface area is 210 Å². The molecule has 0 unspecified atom stereocenters. The maximum absolute atomic E-state index is 13.1. The molecule has 0 spiro atoms. The molecular weight excluding hydrogens is 473 g/mol. The number of benzene rings is 1. The van der Waals surface area contributed by atoms with Crippen LogP contribution in [-0.4, -0.2) is 73.1 Å². The summed E-state index contributed by atoms with van der Waals surface area (Å²) in [6.45, 7) is 7.09. The van der Waals surface area contributed by atoms with E-state index in [0.29, 0.717) is 51.3 Å². The van der Waals surface area contributed by atoms with Crippen molar-refractivity contribution in [3.05, 3.63) is 29.8 Å². The molecule has 6 atom stereocenters. The number of aliphatic hydroxyl groups is 1. The van der Waals surface area contributed by atoms with E-state index in [-0.39, 0.29) is 29.3 Å². The number of ether oxygens (including phenoxy) is 2. The lowest BCUT2D eigenvalue weighted by Gasteiger charge is -2.62. The van der Waals surface area contributed by atoms with Gasteiger partial charge in [-0.2, -0.15) is 13.2 Å². The van der Waals surface area contributed by atoms with Crippen LogP contribution in [0.3, 0.4) is 0 Å². The average molecular weight is 511 g/mol. The maximum Gasteiger partial charge on any atom is 0.416 e. The second-order valence-corrected chi connectivity index (χ2v) is 11.7. The van der Waals surface area contributed by atoms with Gasteiger partial charge in [-0.1, -0.05) is 13.0 Å². The highest BCUT2D eigenvalue weighted by Gasteiger charge is 2.67. The molecule has 6 nitrogen and oxygen atoms in total. The molecule has 2 saturated heterocycles. The minimum absolute atomic E-state index is 0.0790. The van der Waals surface area contributed by atoms with Gasteiger partial charge in [-0.3, -0.25) is 9.69 Å². The fourth-order valence-electron chi connectivity index (χ4n) is 7.44. The number of carbonyl (C=O) groups is 1. The molecule has 1 aromatic rings. The van der Waals surface area contributed by atoms with Crippen molar-refractivity contribution in [3.8, 4) is 0 Å². The van der Waals surface area contributed by atoms with Crippen LogP contribution in [0.2, 0.25) is 0 Å². The first-order valence-electron chi connectivity index (χ1n) is 13.0. The van der Waals surface area contributed by atoms with Gasteiger partial charge < -0.3 is 19.5 Å². The zero-order valence-electron chi connectivity index (χ0n) is 21.3. The SMILES string of the molecule is CO[C@]1(C)CCC[C@]2(C)C[C@H]3OC(=O)[C@@H](CN4CCN(c5cccc(C(F)(F)F)c5)CC4)[C@@H]3C[C@@]21O. The molecule has 200 valence electrons. The molecule has 0 bridgehead atoms. The van der Waals surface area contributed by atoms with E-state index < -0.39 is 22.9 Å². The fraction of sp³-hybridized carbons (Fsp3) is 0.741. The number of halogens is 3. The molecule has 2 heterocycles. The molecular formula is C27H37F3N2O4. The van der Waals surface area contributed by atoms with Crippen molar-refractivity contribution in [2.75, 3.05) is 44.7 Å². The summed E-state index contributed by atoms with van der Waals surface area (Å²) in [4.78, 5) is 17.2. The van der Waals surface area contributed by atoms with Gasteiger partial charge in [0.25, 0.3) is 0 Å². The normalized spacial score (nSPS) is 39.5. The van der Waals surface area contributed by atoms with E-state index in [1.807, 2.05) is 11.8 Å². The van der Waals surface area contributed by atoms with Crippen molar-refractivity contribution in [2.45, 2.75) is 69.4 Å². The molecule has 2 aliphatic heterocycles. The molecule has 36 heavy (non-hydrogen) atoms. The van der Waals surface area contributed by atoms with E-state index in [0.717, 1.165) is 25.3 Å². The third-order valence-corrected chi connectivity index (χ3v) is 9.82. The number of hydrogen-bond acceptors (Lipinski definition) is 6. The van der Waals surface area contributed by atoms with Gasteiger partial charge in [-0.15, -0.1) is 0 Å². The van der Waals surface area contributed by atoms with E-state index >= 15 is 0 Å². The third kappa shape index (κ3) is 4.11. The number of methoxy groups -OCH3 is 1. The second-order valence-electron chi connectivity index (χ2n) is 11.7. The highest BCUT2D eigenvalue weighted by atomic mass is 19.4. The number of alkyl halides is 3. The van der Waals surface area contributed by atoms with Crippen molar-refractivity contribution in [1.82, 2.24) is 4.90 Å². The molecule has 1 N–H and O–H groups in total. The largest absolute Gasteiger partial charge is 0.462 e. The first-order chi connectivity index (χ1) is 16.9. The van der Waals surface area contributed by atoms with Crippen LogP contribution in [0.25, 0.3) is 0 Å². The summed E-state index contributed by atoms with van der Waals surface area (Å²) in [5.74, 6) is -0.605. The first-order valence-corrected chi connectivity index (χ1v) is 13.0. The topological polar surface area (TPSA) is 62.2 Å². The van der Waals surface area contributed by atoms with E-state index in [4.69, 9.17) is 9.47 Å². The third-order valence-electron chi connectivity index (χ3n) is 9.82. The van der Waals surface area contributed by atoms with Crippen LogP contribution in [0.1, 0.15) is 51.5 Å². The van der Waals surface area contributed by atoms with Crippen LogP contribution in [0.5, 0.6) is 0 Å². The van der Waals surface area contributed by atoms with Crippen LogP contribution in [0.4, 0.5) is 18.9 Å². The molecule has 4 aliphatic rings. The number of rotatable bonds is 4. The van der Waals surface area contributed by atoms with Crippen molar-refractivity contribution < 1.29 is 32.5 Å². The van der Waals surface area contributed by atoms with Crippen LogP contribution < -0.4 is 4.90 Å². The number of nitrogens with zero attached hydrogens (tertiary/aromatic N) is 2. The Hall–Kier alpha value is -1.84. The van der Waals surface area contributed by atoms with Crippen LogP contribution in [-0.2, 0) is 20.4 Å². The minimum atomic E-state index is -4.37. The van der Waals surface area contributed by atoms with Gasteiger partial charge in [0.1, 0.15) is 6.10 Å². The van der Waals surface area contributed by atoms with Gasteiger partial charge in [0, 0.05) is 56.9 Å². The number of hydrogen-bond donors (Lipinski definition) is 1. The highest BCUT2D eigenvalue weighted by molar-refractivity contribution is 5.75. The lowest BCUT2D eigenvalue weighted by Crippen LogP contribution is -2.69. The van der Waals surface area contributed by atoms with Crippen LogP contribution >= 0.6 is 0 Å². The molecule has 0 amide bonds. The van der Waals surface area contributed by atoms with E-state index in [2.05, 4.69) is 11.8 Å². The molecule has 2 saturated carbocycles. The Balaban J connectivity index is 1.26. The molecule has 0 aromatic heterocycles. The monoisotopic (exact) mass is 510 g/mol. The first kappa shape index (κ1) is 25.8. The molecule has 1 aromatic carbocycles. The molecule has 5 rings (SSSR count). The van der Waals surface area contributed by atoms with Crippen molar-refractivity contribution in [3.63, 3.8) is 0 Å². The smallest absolute Gasteiger partial charge is 0.416 e. The van der Waals surface area contributed by atoms with Gasteiger partial charge in [0.15, 0.2) is 0 Å². The summed E-state index contributed by atoms with van der Waals surface area (Å²) in [5, 5.41) is 12.1. The Kier molecular flexibility index (Phi) is 6.36.